The van der Waals surface area contributed by atoms with Gasteiger partial charge in [0.25, 0.3) is 0 Å². The minimum Gasteiger partial charge on any atom is -0.295 e. The van der Waals surface area contributed by atoms with E-state index in [9.17, 15) is 4.79 Å². The number of hydrogen-bond acceptors (Lipinski definition) is 1. The van der Waals surface area contributed by atoms with E-state index in [2.05, 4.69) is 12.1 Å². The normalized spacial score (nSPS) is 12.9. The van der Waals surface area contributed by atoms with E-state index in [0.29, 0.717) is 0 Å². The van der Waals surface area contributed by atoms with Crippen LogP contribution in [0, 0.1) is 0 Å². The summed E-state index contributed by atoms with van der Waals surface area (Å²) in [5.41, 5.74) is 1.94. The lowest BCUT2D eigenvalue weighted by Crippen LogP contribution is -1.89. The molecule has 0 fully saturated rings. The Hall–Kier alpha value is -2.15. The van der Waals surface area contributed by atoms with E-state index in [1.54, 1.807) is 6.92 Å². The van der Waals surface area contributed by atoms with Gasteiger partial charge >= 0.3 is 0 Å². The fourth-order valence-corrected chi connectivity index (χ4v) is 1.24. The molecule has 0 N–H and O–H groups in total. The van der Waals surface area contributed by atoms with Gasteiger partial charge in [-0.1, -0.05) is 72.9 Å². The Balaban J connectivity index is 2.43. The van der Waals surface area contributed by atoms with Crippen molar-refractivity contribution in [2.24, 2.45) is 0 Å². The van der Waals surface area contributed by atoms with Crippen LogP contribution in [0.2, 0.25) is 0 Å². The van der Waals surface area contributed by atoms with E-state index >= 15 is 0 Å². The molecule has 0 radical (unpaired) electrons. The monoisotopic (exact) mass is 238 g/mol. The van der Waals surface area contributed by atoms with E-state index < -0.39 is 0 Å². The van der Waals surface area contributed by atoms with Crippen molar-refractivity contribution in [3.8, 4) is 0 Å². The molecule has 0 saturated carbocycles. The number of benzene rings is 1. The third kappa shape index (κ3) is 5.80. The molecule has 0 aliphatic heterocycles. The van der Waals surface area contributed by atoms with Crippen LogP contribution in [-0.2, 0) is 4.79 Å². The average Bonchev–Trinajstić information content (AvgIpc) is 2.38. The van der Waals surface area contributed by atoms with Crippen LogP contribution in [0.1, 0.15) is 19.4 Å². The quantitative estimate of drug-likeness (QED) is 0.550. The Labute approximate surface area is 109 Å². The van der Waals surface area contributed by atoms with Crippen LogP contribution >= 0.6 is 0 Å². The molecule has 1 heteroatoms. The van der Waals surface area contributed by atoms with Gasteiger partial charge in [0.05, 0.1) is 0 Å². The fraction of sp³-hybridized carbons (Fsp3) is 0.118. The number of hydrogen-bond donors (Lipinski definition) is 0. The van der Waals surface area contributed by atoms with Crippen molar-refractivity contribution in [2.45, 2.75) is 13.8 Å². The molecule has 1 nitrogen and oxygen atoms in total. The van der Waals surface area contributed by atoms with E-state index in [4.69, 9.17) is 0 Å². The Morgan fingerprint density at radius 1 is 0.889 bits per heavy atom. The number of Topliss-reactive ketones (excluding diaryl/α,β-unsaturated/α-hetero) is 1. The van der Waals surface area contributed by atoms with E-state index in [-0.39, 0.29) is 5.78 Å². The first-order valence-corrected chi connectivity index (χ1v) is 5.94. The van der Waals surface area contributed by atoms with Crippen molar-refractivity contribution in [3.63, 3.8) is 0 Å². The molecular formula is C17H18O. The second kappa shape index (κ2) is 8.02. The summed E-state index contributed by atoms with van der Waals surface area (Å²) in [6, 6.07) is 10.1. The Morgan fingerprint density at radius 3 is 2.17 bits per heavy atom. The lowest BCUT2D eigenvalue weighted by Gasteiger charge is -1.88. The van der Waals surface area contributed by atoms with Gasteiger partial charge in [-0.3, -0.25) is 4.79 Å². The minimum atomic E-state index is 0.104. The van der Waals surface area contributed by atoms with Gasteiger partial charge in [-0.25, -0.2) is 0 Å². The summed E-state index contributed by atoms with van der Waals surface area (Å²) in [6.45, 7) is 3.38. The van der Waals surface area contributed by atoms with Gasteiger partial charge in [0.1, 0.15) is 0 Å². The summed E-state index contributed by atoms with van der Waals surface area (Å²) in [4.78, 5) is 10.9. The van der Waals surface area contributed by atoms with Crippen LogP contribution in [0.15, 0.2) is 72.4 Å². The zero-order valence-electron chi connectivity index (χ0n) is 10.8. The second-order valence-electron chi connectivity index (χ2n) is 3.95. The standard InChI is InChI=1S/C17H18O/c1-15(16(2)18)11-7-4-3-5-8-12-17-13-9-6-10-14-17/h3-14H,1-2H3. The maximum atomic E-state index is 10.9. The van der Waals surface area contributed by atoms with Crippen LogP contribution in [-0.4, -0.2) is 5.78 Å². The highest BCUT2D eigenvalue weighted by Crippen LogP contribution is 2.00. The SMILES string of the molecule is CC(=O)C(C)=CC=CC=CC=Cc1ccccc1. The summed E-state index contributed by atoms with van der Waals surface area (Å²) in [5, 5.41) is 0. The molecule has 0 aliphatic carbocycles. The maximum absolute atomic E-state index is 10.9. The van der Waals surface area contributed by atoms with Crippen molar-refractivity contribution < 1.29 is 4.79 Å². The summed E-state index contributed by atoms with van der Waals surface area (Å²) < 4.78 is 0. The van der Waals surface area contributed by atoms with Crippen molar-refractivity contribution in [2.75, 3.05) is 0 Å². The molecule has 0 aromatic heterocycles. The predicted molar refractivity (Wildman–Crippen MR) is 78.2 cm³/mol. The molecule has 0 unspecified atom stereocenters. The lowest BCUT2D eigenvalue weighted by atomic mass is 10.2. The predicted octanol–water partition coefficient (Wildman–Crippen LogP) is 4.35. The van der Waals surface area contributed by atoms with Gasteiger partial charge in [0.2, 0.25) is 0 Å². The number of carbonyl (C=O) groups excluding carboxylic acids is 1. The smallest absolute Gasteiger partial charge is 0.155 e. The highest BCUT2D eigenvalue weighted by atomic mass is 16.1. The molecule has 0 aliphatic rings. The van der Waals surface area contributed by atoms with E-state index in [1.807, 2.05) is 67.7 Å². The molecule has 1 aromatic rings. The van der Waals surface area contributed by atoms with Crippen LogP contribution < -0.4 is 0 Å². The van der Waals surface area contributed by atoms with Crippen LogP contribution in [0.3, 0.4) is 0 Å². The van der Waals surface area contributed by atoms with Crippen LogP contribution in [0.5, 0.6) is 0 Å². The highest BCUT2D eigenvalue weighted by Gasteiger charge is 1.90. The molecule has 18 heavy (non-hydrogen) atoms. The molecule has 1 rings (SSSR count). The summed E-state index contributed by atoms with van der Waals surface area (Å²) in [5.74, 6) is 0.104. The van der Waals surface area contributed by atoms with E-state index in [0.717, 1.165) is 5.57 Å². The Morgan fingerprint density at radius 2 is 1.50 bits per heavy atom. The second-order valence-corrected chi connectivity index (χ2v) is 3.95. The number of carbonyl (C=O) groups is 1. The molecule has 0 amide bonds. The zero-order chi connectivity index (χ0) is 13.2. The summed E-state index contributed by atoms with van der Waals surface area (Å²) in [6.07, 6.45) is 13.5. The highest BCUT2D eigenvalue weighted by molar-refractivity contribution is 5.92. The topological polar surface area (TPSA) is 17.1 Å². The summed E-state index contributed by atoms with van der Waals surface area (Å²) >= 11 is 0. The molecule has 0 atom stereocenters. The molecule has 0 saturated heterocycles. The fourth-order valence-electron chi connectivity index (χ4n) is 1.24. The molecule has 0 heterocycles. The Kier molecular flexibility index (Phi) is 6.20. The van der Waals surface area contributed by atoms with Crippen molar-refractivity contribution in [1.29, 1.82) is 0 Å². The zero-order valence-corrected chi connectivity index (χ0v) is 10.8. The first kappa shape index (κ1) is 13.9. The van der Waals surface area contributed by atoms with Gasteiger partial charge in [-0.2, -0.15) is 0 Å². The minimum absolute atomic E-state index is 0.104. The third-order valence-corrected chi connectivity index (χ3v) is 2.43. The molecule has 0 spiro atoms. The first-order valence-electron chi connectivity index (χ1n) is 5.94. The third-order valence-electron chi connectivity index (χ3n) is 2.43. The van der Waals surface area contributed by atoms with Gasteiger partial charge in [0, 0.05) is 0 Å². The van der Waals surface area contributed by atoms with Crippen LogP contribution in [0.25, 0.3) is 6.08 Å². The molecule has 1 aromatic carbocycles. The number of rotatable bonds is 5. The van der Waals surface area contributed by atoms with Crippen molar-refractivity contribution >= 4 is 11.9 Å². The van der Waals surface area contributed by atoms with Gasteiger partial charge in [-0.05, 0) is 25.0 Å². The molecule has 92 valence electrons. The Bertz CT molecular complexity index is 488. The van der Waals surface area contributed by atoms with Gasteiger partial charge in [0.15, 0.2) is 5.78 Å². The van der Waals surface area contributed by atoms with Gasteiger partial charge < -0.3 is 0 Å². The molecule has 0 bridgehead atoms. The number of ketones is 1. The largest absolute Gasteiger partial charge is 0.295 e. The van der Waals surface area contributed by atoms with E-state index in [1.165, 1.54) is 5.56 Å². The van der Waals surface area contributed by atoms with Crippen molar-refractivity contribution in [3.05, 3.63) is 77.9 Å². The molecular weight excluding hydrogens is 220 g/mol. The van der Waals surface area contributed by atoms with Gasteiger partial charge in [-0.15, -0.1) is 0 Å². The maximum Gasteiger partial charge on any atom is 0.155 e. The lowest BCUT2D eigenvalue weighted by molar-refractivity contribution is -0.113. The van der Waals surface area contributed by atoms with Crippen molar-refractivity contribution in [1.82, 2.24) is 0 Å². The first-order chi connectivity index (χ1) is 8.70. The van der Waals surface area contributed by atoms with Crippen LogP contribution in [0.4, 0.5) is 0 Å². The average molecular weight is 238 g/mol. The number of allylic oxidation sites excluding steroid dienone is 7. The summed E-state index contributed by atoms with van der Waals surface area (Å²) in [7, 11) is 0.